The fourth-order valence-electron chi connectivity index (χ4n) is 4.17. The molecule has 160 valence electrons. The lowest BCUT2D eigenvalue weighted by Gasteiger charge is -2.39. The summed E-state index contributed by atoms with van der Waals surface area (Å²) in [7, 11) is 0. The summed E-state index contributed by atoms with van der Waals surface area (Å²) in [5.74, 6) is 1.92. The van der Waals surface area contributed by atoms with Gasteiger partial charge in [0.25, 0.3) is 0 Å². The van der Waals surface area contributed by atoms with E-state index in [2.05, 4.69) is 27.0 Å². The lowest BCUT2D eigenvalue weighted by atomic mass is 9.99. The first-order chi connectivity index (χ1) is 13.3. The molecule has 0 aromatic rings. The number of hydrogen-bond acceptors (Lipinski definition) is 6. The topological polar surface area (TPSA) is 60.4 Å². The fraction of sp³-hybridized carbons (Fsp3) is 0.905. The number of carbonyl (C=O) groups is 1. The van der Waals surface area contributed by atoms with Crippen molar-refractivity contribution in [1.29, 1.82) is 0 Å². The maximum Gasteiger partial charge on any atom is 0.410 e. The Labute approximate surface area is 170 Å². The monoisotopic (exact) mass is 393 g/mol. The molecule has 0 radical (unpaired) electrons. The SMILES string of the molecule is CC1CCN(CCCCNC2=NCC3CN(C(=O)OC(C)(C)C)CCN23)CC1. The number of piperazine rings is 1. The standard InChI is InChI=1S/C21H39N5O2/c1-17-7-11-24(12-8-17)10-6-5-9-22-19-23-15-18-16-25(13-14-26(18)19)20(27)28-21(2,3)4/h17-18H,5-16H2,1-4H3,(H,22,23). The van der Waals surface area contributed by atoms with Crippen LogP contribution in [0.15, 0.2) is 4.99 Å². The summed E-state index contributed by atoms with van der Waals surface area (Å²) in [6, 6.07) is 0.277. The molecule has 1 unspecified atom stereocenters. The van der Waals surface area contributed by atoms with Crippen LogP contribution in [0.1, 0.15) is 53.4 Å². The average Bonchev–Trinajstić information content (AvgIpc) is 3.04. The first-order valence-corrected chi connectivity index (χ1v) is 11.1. The van der Waals surface area contributed by atoms with E-state index in [0.717, 1.165) is 31.5 Å². The van der Waals surface area contributed by atoms with Crippen LogP contribution >= 0.6 is 0 Å². The summed E-state index contributed by atoms with van der Waals surface area (Å²) in [5.41, 5.74) is -0.445. The molecule has 3 heterocycles. The first kappa shape index (κ1) is 21.2. The Morgan fingerprint density at radius 3 is 2.64 bits per heavy atom. The second kappa shape index (κ2) is 9.33. The van der Waals surface area contributed by atoms with Crippen molar-refractivity contribution in [2.75, 3.05) is 52.4 Å². The van der Waals surface area contributed by atoms with Gasteiger partial charge in [0.05, 0.1) is 12.6 Å². The number of carbonyl (C=O) groups excluding carboxylic acids is 1. The molecule has 3 rings (SSSR count). The molecule has 0 spiro atoms. The molecule has 0 saturated carbocycles. The molecule has 0 aliphatic carbocycles. The van der Waals surface area contributed by atoms with Gasteiger partial charge in [0.1, 0.15) is 5.60 Å². The predicted molar refractivity (Wildman–Crippen MR) is 113 cm³/mol. The van der Waals surface area contributed by atoms with Gasteiger partial charge in [-0.05, 0) is 72.0 Å². The number of ether oxygens (including phenoxy) is 1. The Hall–Kier alpha value is -1.50. The lowest BCUT2D eigenvalue weighted by molar-refractivity contribution is 0.0137. The molecule has 3 aliphatic heterocycles. The molecule has 3 aliphatic rings. The van der Waals surface area contributed by atoms with Crippen LogP contribution in [-0.4, -0.2) is 90.8 Å². The van der Waals surface area contributed by atoms with Crippen LogP contribution in [0.2, 0.25) is 0 Å². The van der Waals surface area contributed by atoms with Crippen LogP contribution < -0.4 is 5.32 Å². The van der Waals surface area contributed by atoms with Crippen molar-refractivity contribution >= 4 is 12.1 Å². The van der Waals surface area contributed by atoms with Gasteiger partial charge in [0.15, 0.2) is 5.96 Å². The predicted octanol–water partition coefficient (Wildman–Crippen LogP) is 2.38. The molecule has 2 fully saturated rings. The molecule has 0 aromatic carbocycles. The highest BCUT2D eigenvalue weighted by molar-refractivity contribution is 5.82. The van der Waals surface area contributed by atoms with Gasteiger partial charge in [-0.1, -0.05) is 6.92 Å². The summed E-state index contributed by atoms with van der Waals surface area (Å²) in [5, 5.41) is 3.53. The zero-order chi connectivity index (χ0) is 20.1. The minimum atomic E-state index is -0.445. The molecule has 0 aromatic heterocycles. The van der Waals surface area contributed by atoms with Gasteiger partial charge in [-0.15, -0.1) is 0 Å². The van der Waals surface area contributed by atoms with E-state index >= 15 is 0 Å². The Kier molecular flexibility index (Phi) is 7.07. The molecular formula is C21H39N5O2. The number of nitrogens with one attached hydrogen (secondary N) is 1. The third-order valence-corrected chi connectivity index (χ3v) is 5.92. The van der Waals surface area contributed by atoms with Crippen LogP contribution in [0.4, 0.5) is 4.79 Å². The van der Waals surface area contributed by atoms with Crippen molar-refractivity contribution in [3.63, 3.8) is 0 Å². The number of unbranched alkanes of at least 4 members (excludes halogenated alkanes) is 1. The maximum absolute atomic E-state index is 12.3. The summed E-state index contributed by atoms with van der Waals surface area (Å²) in [4.78, 5) is 23.8. The quantitative estimate of drug-likeness (QED) is 0.727. The zero-order valence-corrected chi connectivity index (χ0v) is 18.2. The van der Waals surface area contributed by atoms with Crippen molar-refractivity contribution in [2.24, 2.45) is 10.9 Å². The largest absolute Gasteiger partial charge is 0.444 e. The Morgan fingerprint density at radius 1 is 1.18 bits per heavy atom. The molecule has 1 amide bonds. The van der Waals surface area contributed by atoms with Gasteiger partial charge in [-0.25, -0.2) is 4.79 Å². The molecule has 7 nitrogen and oxygen atoms in total. The van der Waals surface area contributed by atoms with E-state index in [1.54, 1.807) is 0 Å². The minimum Gasteiger partial charge on any atom is -0.444 e. The highest BCUT2D eigenvalue weighted by Gasteiger charge is 2.36. The number of piperidine rings is 1. The normalized spacial score (nSPS) is 24.1. The highest BCUT2D eigenvalue weighted by atomic mass is 16.6. The van der Waals surface area contributed by atoms with Gasteiger partial charge in [-0.3, -0.25) is 4.99 Å². The number of fused-ring (bicyclic) bond motifs is 1. The van der Waals surface area contributed by atoms with E-state index in [1.165, 1.54) is 45.3 Å². The molecule has 7 heteroatoms. The summed E-state index contributed by atoms with van der Waals surface area (Å²) in [6.45, 7) is 15.8. The third kappa shape index (κ3) is 6.00. The Morgan fingerprint density at radius 2 is 1.93 bits per heavy atom. The van der Waals surface area contributed by atoms with Gasteiger partial charge < -0.3 is 24.8 Å². The van der Waals surface area contributed by atoms with Gasteiger partial charge in [0, 0.05) is 26.2 Å². The minimum absolute atomic E-state index is 0.208. The van der Waals surface area contributed by atoms with E-state index in [0.29, 0.717) is 13.1 Å². The number of guanidine groups is 1. The molecule has 1 atom stereocenters. The van der Waals surface area contributed by atoms with Crippen LogP contribution in [0, 0.1) is 5.92 Å². The van der Waals surface area contributed by atoms with Crippen molar-refractivity contribution < 1.29 is 9.53 Å². The van der Waals surface area contributed by atoms with E-state index in [9.17, 15) is 4.79 Å². The number of nitrogens with zero attached hydrogens (tertiary/aromatic N) is 4. The second-order valence-electron chi connectivity index (χ2n) is 9.60. The summed E-state index contributed by atoms with van der Waals surface area (Å²) < 4.78 is 5.51. The fourth-order valence-corrected chi connectivity index (χ4v) is 4.17. The third-order valence-electron chi connectivity index (χ3n) is 5.92. The number of aliphatic imine (C=N–C) groups is 1. The van der Waals surface area contributed by atoms with Gasteiger partial charge >= 0.3 is 6.09 Å². The highest BCUT2D eigenvalue weighted by Crippen LogP contribution is 2.19. The molecule has 2 saturated heterocycles. The molecular weight excluding hydrogens is 354 g/mol. The summed E-state index contributed by atoms with van der Waals surface area (Å²) >= 11 is 0. The number of rotatable bonds is 5. The van der Waals surface area contributed by atoms with Gasteiger partial charge in [0.2, 0.25) is 0 Å². The van der Waals surface area contributed by atoms with Crippen molar-refractivity contribution in [2.45, 2.75) is 65.0 Å². The Balaban J connectivity index is 1.32. The van der Waals surface area contributed by atoms with E-state index in [1.807, 2.05) is 25.7 Å². The number of hydrogen-bond donors (Lipinski definition) is 1. The molecule has 1 N–H and O–H groups in total. The van der Waals surface area contributed by atoms with Crippen molar-refractivity contribution in [3.05, 3.63) is 0 Å². The first-order valence-electron chi connectivity index (χ1n) is 11.1. The molecule has 28 heavy (non-hydrogen) atoms. The van der Waals surface area contributed by atoms with E-state index in [4.69, 9.17) is 4.74 Å². The van der Waals surface area contributed by atoms with Crippen LogP contribution in [0.3, 0.4) is 0 Å². The average molecular weight is 394 g/mol. The van der Waals surface area contributed by atoms with E-state index < -0.39 is 5.60 Å². The Bertz CT molecular complexity index is 551. The zero-order valence-electron chi connectivity index (χ0n) is 18.2. The smallest absolute Gasteiger partial charge is 0.410 e. The number of amides is 1. The lowest BCUT2D eigenvalue weighted by Crippen LogP contribution is -2.57. The van der Waals surface area contributed by atoms with Crippen LogP contribution in [0.5, 0.6) is 0 Å². The van der Waals surface area contributed by atoms with Crippen LogP contribution in [-0.2, 0) is 4.74 Å². The summed E-state index contributed by atoms with van der Waals surface area (Å²) in [6.07, 6.45) is 4.91. The molecule has 0 bridgehead atoms. The van der Waals surface area contributed by atoms with Crippen molar-refractivity contribution in [1.82, 2.24) is 20.0 Å². The van der Waals surface area contributed by atoms with Crippen LogP contribution in [0.25, 0.3) is 0 Å². The second-order valence-corrected chi connectivity index (χ2v) is 9.60. The maximum atomic E-state index is 12.3. The van der Waals surface area contributed by atoms with Crippen molar-refractivity contribution in [3.8, 4) is 0 Å². The van der Waals surface area contributed by atoms with E-state index in [-0.39, 0.29) is 12.1 Å². The van der Waals surface area contributed by atoms with Gasteiger partial charge in [-0.2, -0.15) is 0 Å². The number of likely N-dealkylation sites (tertiary alicyclic amines) is 1.